The first-order valence-electron chi connectivity index (χ1n) is 15.5. The highest BCUT2D eigenvalue weighted by molar-refractivity contribution is 6.04. The number of rotatable bonds is 18. The first-order chi connectivity index (χ1) is 24.5. The second kappa shape index (κ2) is 22.4. The third kappa shape index (κ3) is 13.9. The molecular formula is C36H42F2O13. The normalized spacial score (nSPS) is 11.5. The molecule has 0 aliphatic rings. The molecule has 0 aliphatic heterocycles. The summed E-state index contributed by atoms with van der Waals surface area (Å²) in [6, 6.07) is 15.6. The molecular weight excluding hydrogens is 678 g/mol. The molecule has 0 spiro atoms. The zero-order valence-corrected chi connectivity index (χ0v) is 29.0. The Bertz CT molecular complexity index is 1560. The van der Waals surface area contributed by atoms with Crippen molar-refractivity contribution < 1.29 is 71.0 Å². The summed E-state index contributed by atoms with van der Waals surface area (Å²) < 4.78 is 67.0. The number of carbonyl (C=O) groups is 4. The van der Waals surface area contributed by atoms with Crippen molar-refractivity contribution in [2.24, 2.45) is 0 Å². The van der Waals surface area contributed by atoms with Gasteiger partial charge in [0.05, 0.1) is 64.4 Å². The van der Waals surface area contributed by atoms with Crippen LogP contribution in [0.4, 0.5) is 8.78 Å². The monoisotopic (exact) mass is 720 g/mol. The van der Waals surface area contributed by atoms with Gasteiger partial charge in [-0.2, -0.15) is 0 Å². The van der Waals surface area contributed by atoms with Crippen LogP contribution in [-0.4, -0.2) is 103 Å². The Morgan fingerprint density at radius 1 is 0.588 bits per heavy atom. The number of methoxy groups -OCH3 is 5. The molecule has 15 heteroatoms. The molecule has 0 amide bonds. The molecule has 0 saturated carbocycles. The number of hydrogen-bond acceptors (Lipinski definition) is 13. The Morgan fingerprint density at radius 3 is 1.41 bits per heavy atom. The maximum Gasteiger partial charge on any atom is 0.338 e. The molecule has 3 aromatic rings. The van der Waals surface area contributed by atoms with E-state index in [9.17, 15) is 28.0 Å². The number of hydrogen-bond donors (Lipinski definition) is 1. The van der Waals surface area contributed by atoms with Gasteiger partial charge in [0.15, 0.2) is 0 Å². The minimum atomic E-state index is -1.32. The summed E-state index contributed by atoms with van der Waals surface area (Å²) in [5.74, 6) is -1.61. The molecule has 13 nitrogen and oxygen atoms in total. The van der Waals surface area contributed by atoms with Crippen LogP contribution in [0.3, 0.4) is 0 Å². The zero-order valence-electron chi connectivity index (χ0n) is 29.0. The average molecular weight is 721 g/mol. The molecule has 3 aromatic carbocycles. The van der Waals surface area contributed by atoms with Gasteiger partial charge in [0.25, 0.3) is 0 Å². The van der Waals surface area contributed by atoms with Gasteiger partial charge in [0.1, 0.15) is 42.8 Å². The summed E-state index contributed by atoms with van der Waals surface area (Å²) in [6.45, 7) is -0.164. The molecule has 51 heavy (non-hydrogen) atoms. The summed E-state index contributed by atoms with van der Waals surface area (Å²) in [7, 11) is 6.36. The van der Waals surface area contributed by atoms with Crippen molar-refractivity contribution in [3.63, 3.8) is 0 Å². The highest BCUT2D eigenvalue weighted by Crippen LogP contribution is 2.22. The first-order valence-corrected chi connectivity index (χ1v) is 15.5. The van der Waals surface area contributed by atoms with E-state index < -0.39 is 36.2 Å². The van der Waals surface area contributed by atoms with Gasteiger partial charge in [-0.25, -0.2) is 28.0 Å². The standard InChI is InChI=1S/C22H25FO7.C14H17FO6/c1-26-17-6-4-15(5-7-17)13-29-11-10-16(23)14-30-18-8-9-19(21(24)27-2)20(12-18)22(25)28-3;1-19-13(17)11-4-3-10(7-12(11)14(18)20-2)21-8-9(15)5-6-16/h4-9,12,16H,10-11,13-14H2,1-3H3;3-4,7,9,16H,5-6,8H2,1-2H3. The lowest BCUT2D eigenvalue weighted by molar-refractivity contribution is 0.0554. The first kappa shape index (κ1) is 41.9. The van der Waals surface area contributed by atoms with E-state index in [4.69, 9.17) is 24.1 Å². The molecule has 0 saturated heterocycles. The smallest absolute Gasteiger partial charge is 0.338 e. The number of aliphatic hydroxyl groups is 1. The van der Waals surface area contributed by atoms with E-state index in [1.807, 2.05) is 24.3 Å². The van der Waals surface area contributed by atoms with E-state index in [2.05, 4.69) is 18.9 Å². The minimum absolute atomic E-state index is 0.0138. The number of benzene rings is 3. The van der Waals surface area contributed by atoms with Gasteiger partial charge >= 0.3 is 23.9 Å². The van der Waals surface area contributed by atoms with Gasteiger partial charge in [0.2, 0.25) is 0 Å². The van der Waals surface area contributed by atoms with Gasteiger partial charge < -0.3 is 43.0 Å². The fourth-order valence-corrected chi connectivity index (χ4v) is 4.16. The summed E-state index contributed by atoms with van der Waals surface area (Å²) in [4.78, 5) is 46.9. The van der Waals surface area contributed by atoms with Crippen LogP contribution in [0, 0.1) is 0 Å². The van der Waals surface area contributed by atoms with Crippen molar-refractivity contribution in [3.8, 4) is 17.2 Å². The molecule has 278 valence electrons. The van der Waals surface area contributed by atoms with Crippen LogP contribution in [0.5, 0.6) is 17.2 Å². The predicted molar refractivity (Wildman–Crippen MR) is 178 cm³/mol. The van der Waals surface area contributed by atoms with Crippen molar-refractivity contribution in [2.45, 2.75) is 31.8 Å². The maximum absolute atomic E-state index is 14.1. The lowest BCUT2D eigenvalue weighted by Crippen LogP contribution is -2.16. The number of carbonyl (C=O) groups excluding carboxylic acids is 4. The number of aliphatic hydroxyl groups excluding tert-OH is 1. The van der Waals surface area contributed by atoms with Crippen molar-refractivity contribution in [1.82, 2.24) is 0 Å². The lowest BCUT2D eigenvalue weighted by Gasteiger charge is -2.13. The van der Waals surface area contributed by atoms with Crippen LogP contribution in [-0.2, 0) is 30.3 Å². The fraction of sp³-hybridized carbons (Fsp3) is 0.389. The van der Waals surface area contributed by atoms with Crippen LogP contribution in [0.2, 0.25) is 0 Å². The summed E-state index contributed by atoms with van der Waals surface area (Å²) >= 11 is 0. The summed E-state index contributed by atoms with van der Waals surface area (Å²) in [5.41, 5.74) is 0.993. The van der Waals surface area contributed by atoms with E-state index in [0.29, 0.717) is 6.61 Å². The third-order valence-electron chi connectivity index (χ3n) is 6.91. The molecule has 0 aliphatic carbocycles. The molecule has 3 rings (SSSR count). The fourth-order valence-electron chi connectivity index (χ4n) is 4.16. The van der Waals surface area contributed by atoms with Crippen molar-refractivity contribution in [3.05, 3.63) is 88.5 Å². The molecule has 0 fully saturated rings. The second-order valence-electron chi connectivity index (χ2n) is 10.4. The highest BCUT2D eigenvalue weighted by atomic mass is 19.1. The van der Waals surface area contributed by atoms with Gasteiger partial charge in [-0.15, -0.1) is 0 Å². The van der Waals surface area contributed by atoms with E-state index in [-0.39, 0.29) is 73.0 Å². The van der Waals surface area contributed by atoms with Crippen LogP contribution in [0.1, 0.15) is 59.8 Å². The number of alkyl halides is 2. The van der Waals surface area contributed by atoms with Crippen LogP contribution in [0.15, 0.2) is 60.7 Å². The number of halogens is 2. The van der Waals surface area contributed by atoms with E-state index >= 15 is 0 Å². The van der Waals surface area contributed by atoms with E-state index in [1.165, 1.54) is 64.8 Å². The third-order valence-corrected chi connectivity index (χ3v) is 6.91. The summed E-state index contributed by atoms with van der Waals surface area (Å²) in [6.07, 6.45) is -2.47. The van der Waals surface area contributed by atoms with Gasteiger partial charge in [-0.05, 0) is 54.1 Å². The van der Waals surface area contributed by atoms with Crippen LogP contribution in [0.25, 0.3) is 0 Å². The van der Waals surface area contributed by atoms with Crippen LogP contribution >= 0.6 is 0 Å². The predicted octanol–water partition coefficient (Wildman–Crippen LogP) is 4.95. The highest BCUT2D eigenvalue weighted by Gasteiger charge is 2.21. The topological polar surface area (TPSA) is 162 Å². The van der Waals surface area contributed by atoms with Crippen molar-refractivity contribution in [1.29, 1.82) is 0 Å². The minimum Gasteiger partial charge on any atom is -0.497 e. The Labute approximate surface area is 294 Å². The molecule has 1 N–H and O–H groups in total. The average Bonchev–Trinajstić information content (AvgIpc) is 3.16. The molecule has 0 radical (unpaired) electrons. The van der Waals surface area contributed by atoms with Crippen LogP contribution < -0.4 is 14.2 Å². The Morgan fingerprint density at radius 2 is 1.00 bits per heavy atom. The van der Waals surface area contributed by atoms with Gasteiger partial charge in [-0.3, -0.25) is 0 Å². The molecule has 2 atom stereocenters. The van der Waals surface area contributed by atoms with Crippen molar-refractivity contribution >= 4 is 23.9 Å². The molecule has 0 heterocycles. The van der Waals surface area contributed by atoms with Gasteiger partial charge in [-0.1, -0.05) is 12.1 Å². The number of esters is 4. The Balaban J connectivity index is 0.000000377. The maximum atomic E-state index is 14.1. The largest absolute Gasteiger partial charge is 0.497 e. The van der Waals surface area contributed by atoms with Gasteiger partial charge in [0, 0.05) is 26.1 Å². The summed E-state index contributed by atoms with van der Waals surface area (Å²) in [5, 5.41) is 8.60. The lowest BCUT2D eigenvalue weighted by atomic mass is 10.1. The number of ether oxygens (including phenoxy) is 8. The van der Waals surface area contributed by atoms with Crippen molar-refractivity contribution in [2.75, 3.05) is 62.0 Å². The molecule has 0 aromatic heterocycles. The van der Waals surface area contributed by atoms with E-state index in [0.717, 1.165) is 11.3 Å². The Kier molecular flexibility index (Phi) is 18.4. The second-order valence-corrected chi connectivity index (χ2v) is 10.4. The van der Waals surface area contributed by atoms with E-state index in [1.54, 1.807) is 7.11 Å². The zero-order chi connectivity index (χ0) is 37.8. The SMILES string of the molecule is COC(=O)c1ccc(OCC(F)CCO)cc1C(=O)OC.COC(=O)c1ccc(OCC(F)CCOCc2ccc(OC)cc2)cc1C(=O)OC. The molecule has 2 unspecified atom stereocenters. The quantitative estimate of drug-likeness (QED) is 0.107. The Hall–Kier alpha value is -5.28. The molecule has 0 bridgehead atoms.